The van der Waals surface area contributed by atoms with Crippen LogP contribution in [0.2, 0.25) is 2.82 Å². The highest BCUT2D eigenvalue weighted by Gasteiger charge is 2.34. The van der Waals surface area contributed by atoms with Crippen molar-refractivity contribution in [3.63, 3.8) is 0 Å². The van der Waals surface area contributed by atoms with Gasteiger partial charge in [0.25, 0.3) is 0 Å². The number of carbonyl (C=O) groups excluding carboxylic acids is 7. The number of hydrogen-bond donors (Lipinski definition) is 13. The molecule has 56 heavy (non-hydrogen) atoms. The van der Waals surface area contributed by atoms with E-state index in [1.165, 1.54) is 19.1 Å². The highest BCUT2D eigenvalue weighted by atomic mass is 16.4. The number of aliphatic carboxylic acids is 4. The number of para-hydroxylation sites is 1. The van der Waals surface area contributed by atoms with Gasteiger partial charge in [-0.05, 0) is 25.0 Å². The Labute approximate surface area is 319 Å². The van der Waals surface area contributed by atoms with Gasteiger partial charge in [-0.3, -0.25) is 52.7 Å². The molecular formula is C32H44N8O16. The minimum Gasteiger partial charge on any atom is -0.481 e. The third-order valence-electron chi connectivity index (χ3n) is 7.69. The third kappa shape index (κ3) is 15.1. The Bertz CT molecular complexity index is 1780. The zero-order valence-electron chi connectivity index (χ0n) is 31.8. The average molecular weight is 799 g/mol. The van der Waals surface area contributed by atoms with Gasteiger partial charge in [0.05, 0.1) is 50.2 Å². The first-order valence-corrected chi connectivity index (χ1v) is 16.3. The van der Waals surface area contributed by atoms with Crippen molar-refractivity contribution in [3.05, 3.63) is 29.3 Å². The number of nitrogens with one attached hydrogen (secondary N) is 5. The van der Waals surface area contributed by atoms with Crippen molar-refractivity contribution in [1.82, 2.24) is 26.6 Å². The van der Waals surface area contributed by atoms with E-state index in [2.05, 4.69) is 10.6 Å². The summed E-state index contributed by atoms with van der Waals surface area (Å²) >= 11 is 0. The fourth-order valence-corrected chi connectivity index (χ4v) is 4.71. The van der Waals surface area contributed by atoms with Crippen molar-refractivity contribution < 1.29 is 81.1 Å². The van der Waals surface area contributed by atoms with Crippen LogP contribution in [0.4, 0.5) is 5.69 Å². The van der Waals surface area contributed by atoms with E-state index in [-0.39, 0.29) is 10.9 Å². The zero-order valence-corrected chi connectivity index (χ0v) is 29.8. The van der Waals surface area contributed by atoms with E-state index >= 15 is 0 Å². The molecule has 0 spiro atoms. The molecule has 0 radical (unpaired) electrons. The molecule has 0 saturated heterocycles. The van der Waals surface area contributed by atoms with Crippen LogP contribution in [0.25, 0.3) is 0 Å². The van der Waals surface area contributed by atoms with Crippen LogP contribution in [-0.2, 0) is 43.2 Å². The number of hydrogen-bond acceptors (Lipinski definition) is 15. The van der Waals surface area contributed by atoms with Crippen LogP contribution in [0.3, 0.4) is 0 Å². The van der Waals surface area contributed by atoms with Gasteiger partial charge in [-0.2, -0.15) is 0 Å². The van der Waals surface area contributed by atoms with Crippen LogP contribution in [0.1, 0.15) is 60.2 Å². The molecule has 0 heterocycles. The minimum absolute atomic E-state index is 0.104. The number of anilines is 1. The van der Waals surface area contributed by atoms with Gasteiger partial charge in [0.15, 0.2) is 13.0 Å². The van der Waals surface area contributed by atoms with Crippen LogP contribution in [0.15, 0.2) is 18.2 Å². The molecule has 0 aliphatic heterocycles. The molecule has 0 aliphatic carbocycles. The Hall–Kier alpha value is -6.53. The molecule has 0 saturated carbocycles. The first-order valence-electron chi connectivity index (χ1n) is 17.3. The van der Waals surface area contributed by atoms with Crippen molar-refractivity contribution in [2.45, 2.75) is 75.8 Å². The van der Waals surface area contributed by atoms with Gasteiger partial charge in [0, 0.05) is 17.5 Å². The lowest BCUT2D eigenvalue weighted by atomic mass is 9.88. The standard InChI is InChI=1S/C32H44N8O16/c1-12(6-22(44)45)26(27(50)15-5-3-4-14(25(15)35)20(42)7-17(34)32(55)56)40-31(54)19(11-41)38-21(43)10-36-30(53)18(9-24(48)49)39-28(51)13(2)37-29(52)16(33)8-23(46)47/h3-5,12-13,16-19,26,41H,6-11,33-35H2,1-2H3,(H,36,53)(H,37,52)(H,38,43)(H,39,51)(H,40,54)(H,44,45)(H,46,47)(H,48,49)(H,55,56)/t12-,13+,16+,17+,18+,19+,26+/m1/s1/i/hD2. The highest BCUT2D eigenvalue weighted by molar-refractivity contribution is 6.12. The number of rotatable bonds is 25. The molecular weight excluding hydrogens is 752 g/mol. The largest absolute Gasteiger partial charge is 0.481 e. The maximum atomic E-state index is 13.7. The smallest absolute Gasteiger partial charge is 0.320 e. The van der Waals surface area contributed by atoms with E-state index in [9.17, 15) is 68.1 Å². The van der Waals surface area contributed by atoms with E-state index in [1.807, 2.05) is 10.6 Å². The number of benzene rings is 1. The van der Waals surface area contributed by atoms with Crippen molar-refractivity contribution in [2.75, 3.05) is 18.9 Å². The normalized spacial score (nSPS) is 15.0. The molecule has 0 bridgehead atoms. The Morgan fingerprint density at radius 2 is 1.30 bits per heavy atom. The molecule has 0 unspecified atom stereocenters. The second kappa shape index (κ2) is 22.0. The summed E-state index contributed by atoms with van der Waals surface area (Å²) in [4.78, 5) is 135. The molecule has 5 amide bonds. The summed E-state index contributed by atoms with van der Waals surface area (Å²) in [7, 11) is 0. The summed E-state index contributed by atoms with van der Waals surface area (Å²) in [6.45, 7) is -0.0972. The van der Waals surface area contributed by atoms with Crippen molar-refractivity contribution in [3.8, 4) is 0 Å². The number of nitrogen functional groups attached to an aromatic ring is 1. The SMILES string of the molecule is [2H]N[C@@H](CC(=O)O)C(=O)N[C@@H](C)C(=O)N[C@@H](CC(=O)O)C(=O)N([2H])CC(=O)N[C@@H](CO)C(=O)N[C@H](C(=O)c1cccc(C(=O)C[C@H](N)C(=O)O)c1N)[C@H](C)CC(=O)O. The first-order chi connectivity index (χ1) is 26.9. The molecule has 24 nitrogen and oxygen atoms in total. The number of carbonyl (C=O) groups is 11. The Morgan fingerprint density at radius 1 is 0.714 bits per heavy atom. The lowest BCUT2D eigenvalue weighted by Crippen LogP contribution is -2.57. The van der Waals surface area contributed by atoms with Crippen molar-refractivity contribution >= 4 is 70.7 Å². The van der Waals surface area contributed by atoms with Crippen molar-refractivity contribution in [2.24, 2.45) is 17.4 Å². The van der Waals surface area contributed by atoms with E-state index < -0.39 is 157 Å². The third-order valence-corrected chi connectivity index (χ3v) is 7.69. The van der Waals surface area contributed by atoms with Gasteiger partial charge in [-0.25, -0.2) is 0 Å². The first kappa shape index (κ1) is 43.9. The van der Waals surface area contributed by atoms with Gasteiger partial charge in [0.2, 0.25) is 29.5 Å². The predicted molar refractivity (Wildman–Crippen MR) is 187 cm³/mol. The van der Waals surface area contributed by atoms with E-state index in [0.717, 1.165) is 13.0 Å². The monoisotopic (exact) mass is 798 g/mol. The van der Waals surface area contributed by atoms with E-state index in [4.69, 9.17) is 24.5 Å². The average Bonchev–Trinajstić information content (AvgIpc) is 3.13. The molecule has 1 aromatic rings. The molecule has 0 fully saturated rings. The van der Waals surface area contributed by atoms with Crippen LogP contribution in [0, 0.1) is 5.92 Å². The Balaban J connectivity index is 3.18. The van der Waals surface area contributed by atoms with E-state index in [1.54, 1.807) is 5.73 Å². The number of carboxylic acid groups (broad SMARTS) is 4. The number of amides is 5. The minimum atomic E-state index is -2.02. The fourth-order valence-electron chi connectivity index (χ4n) is 4.71. The number of aliphatic hydroxyl groups is 1. The maximum Gasteiger partial charge on any atom is 0.320 e. The number of ketones is 2. The quantitative estimate of drug-likeness (QED) is 0.0325. The molecule has 0 aliphatic rings. The molecule has 0 aromatic heterocycles. The Kier molecular flexibility index (Phi) is 17.2. The molecule has 1 rings (SSSR count). The number of carboxylic acids is 4. The summed E-state index contributed by atoms with van der Waals surface area (Å²) < 4.78 is 15.1. The zero-order chi connectivity index (χ0) is 44.6. The summed E-state index contributed by atoms with van der Waals surface area (Å²) in [5, 5.41) is 54.6. The van der Waals surface area contributed by atoms with Crippen LogP contribution >= 0.6 is 0 Å². The maximum absolute atomic E-state index is 13.7. The topological polar surface area (TPSA) is 427 Å². The van der Waals surface area contributed by atoms with Gasteiger partial charge < -0.3 is 69.3 Å². The van der Waals surface area contributed by atoms with Crippen LogP contribution in [0.5, 0.6) is 0 Å². The van der Waals surface area contributed by atoms with E-state index in [0.29, 0.717) is 0 Å². The number of aliphatic hydroxyl groups excluding tert-OH is 1. The number of nitrogens with two attached hydrogens (primary N) is 3. The van der Waals surface area contributed by atoms with Gasteiger partial charge in [-0.15, -0.1) is 0 Å². The molecule has 1 aromatic carbocycles. The summed E-state index contributed by atoms with van der Waals surface area (Å²) in [6, 6.07) is -6.91. The lowest BCUT2D eigenvalue weighted by molar-refractivity contribution is -0.141. The van der Waals surface area contributed by atoms with Gasteiger partial charge in [0.1, 0.15) is 25.6 Å². The number of Topliss-reactive ketones (excluding diaryl/α,β-unsaturated/α-hetero) is 2. The van der Waals surface area contributed by atoms with Gasteiger partial charge in [-0.1, -0.05) is 13.0 Å². The predicted octanol–water partition coefficient (Wildman–Crippen LogP) is -5.11. The molecule has 308 valence electrons. The molecule has 7 atom stereocenters. The Morgan fingerprint density at radius 3 is 1.84 bits per heavy atom. The second-order valence-corrected chi connectivity index (χ2v) is 12.3. The highest BCUT2D eigenvalue weighted by Crippen LogP contribution is 2.24. The van der Waals surface area contributed by atoms with Crippen molar-refractivity contribution in [1.29, 1.82) is 0 Å². The van der Waals surface area contributed by atoms with Gasteiger partial charge >= 0.3 is 23.9 Å². The molecule has 16 N–H and O–H groups in total. The lowest BCUT2D eigenvalue weighted by Gasteiger charge is -2.26. The van der Waals surface area contributed by atoms with Crippen LogP contribution < -0.4 is 43.8 Å². The fraction of sp³-hybridized carbons (Fsp3) is 0.469. The summed E-state index contributed by atoms with van der Waals surface area (Å²) in [5.41, 5.74) is 12.0. The van der Waals surface area contributed by atoms with Crippen LogP contribution in [-0.4, -0.2) is 140 Å². The molecule has 24 heteroatoms. The second-order valence-electron chi connectivity index (χ2n) is 12.3. The summed E-state index contributed by atoms with van der Waals surface area (Å²) in [6.07, 6.45) is -3.41. The summed E-state index contributed by atoms with van der Waals surface area (Å²) in [5.74, 6) is -15.5.